The lowest BCUT2D eigenvalue weighted by atomic mass is 9.97. The first-order valence-corrected chi connectivity index (χ1v) is 4.34. The fourth-order valence-electron chi connectivity index (χ4n) is 1.49. The number of hydrogen-bond donors (Lipinski definition) is 1. The maximum atomic E-state index is 11.3. The molecule has 78 valence electrons. The highest BCUT2D eigenvalue weighted by Crippen LogP contribution is 2.27. The summed E-state index contributed by atoms with van der Waals surface area (Å²) < 4.78 is 4.53. The number of aryl methyl sites for hydroxylation is 1. The number of esters is 1. The van der Waals surface area contributed by atoms with Crippen molar-refractivity contribution < 1.29 is 14.6 Å². The quantitative estimate of drug-likeness (QED) is 0.708. The number of benzene rings is 1. The van der Waals surface area contributed by atoms with Gasteiger partial charge in [0.25, 0.3) is 0 Å². The molecule has 0 aliphatic rings. The zero-order chi connectivity index (χ0) is 11.6. The lowest BCUT2D eigenvalue weighted by Crippen LogP contribution is -2.06. The molecule has 0 amide bonds. The van der Waals surface area contributed by atoms with Crippen molar-refractivity contribution >= 4 is 5.97 Å². The Kier molecular flexibility index (Phi) is 2.96. The van der Waals surface area contributed by atoms with Crippen LogP contribution in [0.5, 0.6) is 5.75 Å². The summed E-state index contributed by atoms with van der Waals surface area (Å²) in [7, 11) is 1.23. The molecule has 0 bridgehead atoms. The predicted octanol–water partition coefficient (Wildman–Crippen LogP) is 1.67. The number of nitriles is 1. The minimum absolute atomic E-state index is 0.0552. The first-order chi connectivity index (χ1) is 7.02. The summed E-state index contributed by atoms with van der Waals surface area (Å²) >= 11 is 0. The average molecular weight is 205 g/mol. The Hall–Kier alpha value is -2.02. The highest BCUT2D eigenvalue weighted by molar-refractivity contribution is 5.94. The van der Waals surface area contributed by atoms with Crippen molar-refractivity contribution in [3.8, 4) is 11.8 Å². The molecular weight excluding hydrogens is 194 g/mol. The van der Waals surface area contributed by atoms with Gasteiger partial charge in [-0.15, -0.1) is 0 Å². The van der Waals surface area contributed by atoms with Gasteiger partial charge in [-0.05, 0) is 31.0 Å². The van der Waals surface area contributed by atoms with Gasteiger partial charge < -0.3 is 9.84 Å². The van der Waals surface area contributed by atoms with Crippen molar-refractivity contribution in [2.75, 3.05) is 7.11 Å². The van der Waals surface area contributed by atoms with Gasteiger partial charge in [0.2, 0.25) is 0 Å². The Morgan fingerprint density at radius 3 is 2.60 bits per heavy atom. The van der Waals surface area contributed by atoms with E-state index in [-0.39, 0.29) is 11.3 Å². The zero-order valence-electron chi connectivity index (χ0n) is 8.79. The average Bonchev–Trinajstić information content (AvgIpc) is 2.17. The molecule has 0 heterocycles. The Balaban J connectivity index is 3.54. The van der Waals surface area contributed by atoms with E-state index in [0.717, 1.165) is 0 Å². The highest BCUT2D eigenvalue weighted by Gasteiger charge is 2.19. The third-order valence-corrected chi connectivity index (χ3v) is 2.26. The molecule has 0 radical (unpaired) electrons. The molecule has 0 fully saturated rings. The van der Waals surface area contributed by atoms with E-state index in [1.807, 2.05) is 6.07 Å². The number of rotatable bonds is 1. The van der Waals surface area contributed by atoms with Gasteiger partial charge in [0.05, 0.1) is 18.7 Å². The molecule has 0 saturated heterocycles. The molecule has 1 N–H and O–H groups in total. The van der Waals surface area contributed by atoms with Crippen LogP contribution >= 0.6 is 0 Å². The van der Waals surface area contributed by atoms with Gasteiger partial charge in [0, 0.05) is 0 Å². The highest BCUT2D eigenvalue weighted by atomic mass is 16.5. The predicted molar refractivity (Wildman–Crippen MR) is 53.6 cm³/mol. The lowest BCUT2D eigenvalue weighted by Gasteiger charge is -2.09. The Bertz CT molecular complexity index is 458. The van der Waals surface area contributed by atoms with Crippen LogP contribution in [0.4, 0.5) is 0 Å². The molecule has 0 unspecified atom stereocenters. The molecule has 0 aromatic heterocycles. The van der Waals surface area contributed by atoms with E-state index in [0.29, 0.717) is 16.7 Å². The van der Waals surface area contributed by atoms with Gasteiger partial charge in [-0.25, -0.2) is 4.79 Å². The molecule has 0 saturated carbocycles. The Labute approximate surface area is 87.7 Å². The largest absolute Gasteiger partial charge is 0.507 e. The molecule has 0 atom stereocenters. The molecule has 15 heavy (non-hydrogen) atoms. The van der Waals surface area contributed by atoms with E-state index in [1.165, 1.54) is 13.2 Å². The molecule has 4 heteroatoms. The van der Waals surface area contributed by atoms with Crippen molar-refractivity contribution in [2.45, 2.75) is 13.8 Å². The molecule has 0 aliphatic heterocycles. The standard InChI is InChI=1S/C11H11NO3/c1-6-4-9(13)10(11(14)15-3)7(2)8(6)5-12/h4,13H,1-3H3. The van der Waals surface area contributed by atoms with Crippen LogP contribution in [0, 0.1) is 25.2 Å². The number of carbonyl (C=O) groups excluding carboxylic acids is 1. The summed E-state index contributed by atoms with van der Waals surface area (Å²) in [5.41, 5.74) is 1.54. The third kappa shape index (κ3) is 1.77. The summed E-state index contributed by atoms with van der Waals surface area (Å²) in [6.07, 6.45) is 0. The topological polar surface area (TPSA) is 70.3 Å². The molecule has 1 aromatic rings. The maximum absolute atomic E-state index is 11.3. The van der Waals surface area contributed by atoms with E-state index in [4.69, 9.17) is 5.26 Å². The number of carbonyl (C=O) groups is 1. The molecule has 4 nitrogen and oxygen atoms in total. The van der Waals surface area contributed by atoms with Crippen molar-refractivity contribution in [2.24, 2.45) is 0 Å². The van der Waals surface area contributed by atoms with E-state index < -0.39 is 5.97 Å². The van der Waals surface area contributed by atoms with Gasteiger partial charge >= 0.3 is 5.97 Å². The van der Waals surface area contributed by atoms with E-state index in [9.17, 15) is 9.90 Å². The second-order valence-corrected chi connectivity index (χ2v) is 3.19. The van der Waals surface area contributed by atoms with Crippen LogP contribution in [-0.4, -0.2) is 18.2 Å². The summed E-state index contributed by atoms with van der Waals surface area (Å²) in [4.78, 5) is 11.3. The number of aromatic hydroxyl groups is 1. The van der Waals surface area contributed by atoms with Crippen molar-refractivity contribution in [1.82, 2.24) is 0 Å². The molecule has 1 rings (SSSR count). The second kappa shape index (κ2) is 4.01. The van der Waals surface area contributed by atoms with Crippen molar-refractivity contribution in [3.63, 3.8) is 0 Å². The first kappa shape index (κ1) is 11.1. The SMILES string of the molecule is COC(=O)c1c(O)cc(C)c(C#N)c1C. The summed E-state index contributed by atoms with van der Waals surface area (Å²) in [5, 5.41) is 18.5. The monoisotopic (exact) mass is 205 g/mol. The fourth-order valence-corrected chi connectivity index (χ4v) is 1.49. The van der Waals surface area contributed by atoms with E-state index >= 15 is 0 Å². The summed E-state index contributed by atoms with van der Waals surface area (Å²) in [6, 6.07) is 3.38. The van der Waals surface area contributed by atoms with Gasteiger partial charge in [-0.1, -0.05) is 0 Å². The van der Waals surface area contributed by atoms with Gasteiger partial charge in [0.1, 0.15) is 11.3 Å². The number of ether oxygens (including phenoxy) is 1. The number of hydrogen-bond acceptors (Lipinski definition) is 4. The number of phenolic OH excluding ortho intramolecular Hbond substituents is 1. The Morgan fingerprint density at radius 1 is 1.53 bits per heavy atom. The summed E-state index contributed by atoms with van der Waals surface area (Å²) in [6.45, 7) is 3.31. The number of nitrogens with zero attached hydrogens (tertiary/aromatic N) is 1. The minimum Gasteiger partial charge on any atom is -0.507 e. The second-order valence-electron chi connectivity index (χ2n) is 3.19. The Morgan fingerprint density at radius 2 is 2.13 bits per heavy atom. The smallest absolute Gasteiger partial charge is 0.341 e. The van der Waals surface area contributed by atoms with E-state index in [1.54, 1.807) is 13.8 Å². The molecule has 0 aliphatic carbocycles. The van der Waals surface area contributed by atoms with Crippen LogP contribution in [0.2, 0.25) is 0 Å². The van der Waals surface area contributed by atoms with Crippen LogP contribution in [-0.2, 0) is 4.74 Å². The first-order valence-electron chi connectivity index (χ1n) is 4.34. The van der Waals surface area contributed by atoms with Crippen LogP contribution < -0.4 is 0 Å². The molecule has 0 spiro atoms. The molecular formula is C11H11NO3. The van der Waals surface area contributed by atoms with Crippen LogP contribution in [0.15, 0.2) is 6.07 Å². The van der Waals surface area contributed by atoms with Crippen LogP contribution in [0.25, 0.3) is 0 Å². The minimum atomic E-state index is -0.638. The zero-order valence-corrected chi connectivity index (χ0v) is 8.79. The molecule has 1 aromatic carbocycles. The van der Waals surface area contributed by atoms with Gasteiger partial charge in [-0.3, -0.25) is 0 Å². The van der Waals surface area contributed by atoms with E-state index in [2.05, 4.69) is 4.74 Å². The third-order valence-electron chi connectivity index (χ3n) is 2.26. The lowest BCUT2D eigenvalue weighted by molar-refractivity contribution is 0.0596. The van der Waals surface area contributed by atoms with Crippen molar-refractivity contribution in [3.05, 3.63) is 28.3 Å². The van der Waals surface area contributed by atoms with Gasteiger partial charge in [-0.2, -0.15) is 5.26 Å². The van der Waals surface area contributed by atoms with Crippen molar-refractivity contribution in [1.29, 1.82) is 5.26 Å². The number of phenols is 1. The maximum Gasteiger partial charge on any atom is 0.341 e. The van der Waals surface area contributed by atoms with Crippen LogP contribution in [0.1, 0.15) is 27.0 Å². The van der Waals surface area contributed by atoms with Crippen LogP contribution in [0.3, 0.4) is 0 Å². The fraction of sp³-hybridized carbons (Fsp3) is 0.273. The van der Waals surface area contributed by atoms with Gasteiger partial charge in [0.15, 0.2) is 0 Å². The normalized spacial score (nSPS) is 9.47. The number of methoxy groups -OCH3 is 1. The summed E-state index contributed by atoms with van der Waals surface area (Å²) in [5.74, 6) is -0.794.